The Kier molecular flexibility index (Phi) is 6.50. The summed E-state index contributed by atoms with van der Waals surface area (Å²) >= 11 is 0. The Morgan fingerprint density at radius 1 is 1.23 bits per heavy atom. The van der Waals surface area contributed by atoms with Crippen LogP contribution in [0, 0.1) is 0 Å². The van der Waals surface area contributed by atoms with Crippen molar-refractivity contribution >= 4 is 17.6 Å². The zero-order valence-corrected chi connectivity index (χ0v) is 15.7. The van der Waals surface area contributed by atoms with Crippen LogP contribution in [0.5, 0.6) is 0 Å². The highest BCUT2D eigenvalue weighted by molar-refractivity contribution is 5.96. The molecular weight excluding hydrogens is 328 g/mol. The van der Waals surface area contributed by atoms with E-state index in [4.69, 9.17) is 0 Å². The zero-order valence-electron chi connectivity index (χ0n) is 15.7. The molecule has 0 atom stereocenters. The van der Waals surface area contributed by atoms with Crippen LogP contribution in [0.3, 0.4) is 0 Å². The molecule has 6 heteroatoms. The lowest BCUT2D eigenvalue weighted by molar-refractivity contribution is 0.0950. The number of hydrogen-bond donors (Lipinski definition) is 2. The summed E-state index contributed by atoms with van der Waals surface area (Å²) in [6.07, 6.45) is 7.66. The number of benzene rings is 1. The Balaban J connectivity index is 1.40. The molecule has 1 heterocycles. The first-order chi connectivity index (χ1) is 12.6. The number of anilines is 1. The smallest absolute Gasteiger partial charge is 0.321 e. The van der Waals surface area contributed by atoms with E-state index in [9.17, 15) is 9.59 Å². The maximum atomic E-state index is 12.3. The van der Waals surface area contributed by atoms with Gasteiger partial charge in [0, 0.05) is 36.9 Å². The van der Waals surface area contributed by atoms with E-state index < -0.39 is 0 Å². The van der Waals surface area contributed by atoms with E-state index in [1.807, 2.05) is 12.1 Å². The fourth-order valence-electron chi connectivity index (χ4n) is 3.85. The summed E-state index contributed by atoms with van der Waals surface area (Å²) in [6.45, 7) is 3.04. The molecule has 2 fully saturated rings. The third-order valence-electron chi connectivity index (χ3n) is 5.47. The van der Waals surface area contributed by atoms with Crippen molar-refractivity contribution in [2.24, 2.45) is 0 Å². The Bertz CT molecular complexity index is 611. The van der Waals surface area contributed by atoms with Gasteiger partial charge in [-0.15, -0.1) is 0 Å². The summed E-state index contributed by atoms with van der Waals surface area (Å²) in [5.41, 5.74) is 1.46. The second kappa shape index (κ2) is 9.03. The Labute approximate surface area is 155 Å². The van der Waals surface area contributed by atoms with Gasteiger partial charge in [0.1, 0.15) is 0 Å². The van der Waals surface area contributed by atoms with Crippen LogP contribution in [0.4, 0.5) is 10.5 Å². The molecule has 2 N–H and O–H groups in total. The van der Waals surface area contributed by atoms with Gasteiger partial charge in [0.05, 0.1) is 0 Å². The van der Waals surface area contributed by atoms with Crippen molar-refractivity contribution in [3.63, 3.8) is 0 Å². The number of rotatable bonds is 7. The van der Waals surface area contributed by atoms with Crippen LogP contribution in [-0.4, -0.2) is 56.1 Å². The molecule has 1 saturated heterocycles. The average molecular weight is 358 g/mol. The quantitative estimate of drug-likeness (QED) is 0.737. The van der Waals surface area contributed by atoms with Gasteiger partial charge in [-0.3, -0.25) is 9.69 Å². The van der Waals surface area contributed by atoms with Gasteiger partial charge in [0.25, 0.3) is 5.91 Å². The SMILES string of the molecule is CN(CCCNC(=O)c1ccc(N2CCNC2=O)cc1)C1CCCCC1. The number of hydrogen-bond acceptors (Lipinski definition) is 3. The van der Waals surface area contributed by atoms with Crippen molar-refractivity contribution < 1.29 is 9.59 Å². The summed E-state index contributed by atoms with van der Waals surface area (Å²) in [6, 6.07) is 7.86. The lowest BCUT2D eigenvalue weighted by atomic mass is 9.94. The van der Waals surface area contributed by atoms with E-state index in [1.165, 1.54) is 32.1 Å². The minimum Gasteiger partial charge on any atom is -0.352 e. The summed E-state index contributed by atoms with van der Waals surface area (Å²) in [4.78, 5) is 28.1. The first-order valence-electron chi connectivity index (χ1n) is 9.79. The number of nitrogens with one attached hydrogen (secondary N) is 2. The van der Waals surface area contributed by atoms with Crippen LogP contribution in [0.1, 0.15) is 48.9 Å². The first kappa shape index (κ1) is 18.7. The number of amides is 3. The third-order valence-corrected chi connectivity index (χ3v) is 5.47. The molecule has 1 saturated carbocycles. The minimum atomic E-state index is -0.0794. The molecule has 142 valence electrons. The monoisotopic (exact) mass is 358 g/mol. The fourth-order valence-corrected chi connectivity index (χ4v) is 3.85. The van der Waals surface area contributed by atoms with Crippen LogP contribution >= 0.6 is 0 Å². The standard InChI is InChI=1S/C20H30N4O2/c1-23(17-6-3-2-4-7-17)14-5-12-21-19(25)16-8-10-18(11-9-16)24-15-13-22-20(24)26/h8-11,17H,2-7,12-15H2,1H3,(H,21,25)(H,22,26). The Morgan fingerprint density at radius 3 is 2.62 bits per heavy atom. The van der Waals surface area contributed by atoms with Crippen LogP contribution in [0.15, 0.2) is 24.3 Å². The summed E-state index contributed by atoms with van der Waals surface area (Å²) in [5, 5.41) is 5.77. The minimum absolute atomic E-state index is 0.0530. The highest BCUT2D eigenvalue weighted by Gasteiger charge is 2.21. The second-order valence-corrected chi connectivity index (χ2v) is 7.31. The van der Waals surface area contributed by atoms with E-state index in [2.05, 4.69) is 22.6 Å². The van der Waals surface area contributed by atoms with Crippen LogP contribution in [0.25, 0.3) is 0 Å². The molecular formula is C20H30N4O2. The van der Waals surface area contributed by atoms with Gasteiger partial charge in [-0.05, 0) is 57.1 Å². The first-order valence-corrected chi connectivity index (χ1v) is 9.79. The molecule has 1 aliphatic carbocycles. The van der Waals surface area contributed by atoms with Crippen molar-refractivity contribution in [3.05, 3.63) is 29.8 Å². The molecule has 0 radical (unpaired) electrons. The molecule has 6 nitrogen and oxygen atoms in total. The molecule has 3 amide bonds. The zero-order chi connectivity index (χ0) is 18.4. The second-order valence-electron chi connectivity index (χ2n) is 7.31. The molecule has 26 heavy (non-hydrogen) atoms. The van der Waals surface area contributed by atoms with Gasteiger partial charge in [-0.25, -0.2) is 4.79 Å². The highest BCUT2D eigenvalue weighted by Crippen LogP contribution is 2.21. The van der Waals surface area contributed by atoms with Crippen LogP contribution < -0.4 is 15.5 Å². The van der Waals surface area contributed by atoms with Crippen molar-refractivity contribution in [1.82, 2.24) is 15.5 Å². The van der Waals surface area contributed by atoms with Gasteiger partial charge < -0.3 is 15.5 Å². The third kappa shape index (κ3) is 4.75. The van der Waals surface area contributed by atoms with E-state index in [0.717, 1.165) is 24.7 Å². The molecule has 0 aromatic heterocycles. The van der Waals surface area contributed by atoms with Gasteiger partial charge in [0.2, 0.25) is 0 Å². The molecule has 0 spiro atoms. The van der Waals surface area contributed by atoms with E-state index in [0.29, 0.717) is 25.2 Å². The van der Waals surface area contributed by atoms with E-state index in [-0.39, 0.29) is 11.9 Å². The van der Waals surface area contributed by atoms with Gasteiger partial charge >= 0.3 is 6.03 Å². The maximum absolute atomic E-state index is 12.3. The predicted octanol–water partition coefficient (Wildman–Crippen LogP) is 2.60. The number of urea groups is 1. The van der Waals surface area contributed by atoms with Crippen molar-refractivity contribution in [1.29, 1.82) is 0 Å². The van der Waals surface area contributed by atoms with Gasteiger partial charge in [-0.2, -0.15) is 0 Å². The lowest BCUT2D eigenvalue weighted by Crippen LogP contribution is -2.35. The number of nitrogens with zero attached hydrogens (tertiary/aromatic N) is 2. The number of carbonyl (C=O) groups excluding carboxylic acids is 2. The molecule has 0 unspecified atom stereocenters. The molecule has 3 rings (SSSR count). The Morgan fingerprint density at radius 2 is 1.96 bits per heavy atom. The topological polar surface area (TPSA) is 64.7 Å². The number of carbonyl (C=O) groups is 2. The Hall–Kier alpha value is -2.08. The molecule has 2 aliphatic rings. The van der Waals surface area contributed by atoms with Gasteiger partial charge in [0.15, 0.2) is 0 Å². The lowest BCUT2D eigenvalue weighted by Gasteiger charge is -2.31. The predicted molar refractivity (Wildman–Crippen MR) is 104 cm³/mol. The van der Waals surface area contributed by atoms with Crippen LogP contribution in [-0.2, 0) is 0 Å². The van der Waals surface area contributed by atoms with Crippen molar-refractivity contribution in [3.8, 4) is 0 Å². The maximum Gasteiger partial charge on any atom is 0.321 e. The van der Waals surface area contributed by atoms with Crippen LogP contribution in [0.2, 0.25) is 0 Å². The largest absolute Gasteiger partial charge is 0.352 e. The normalized spacial score (nSPS) is 18.2. The van der Waals surface area contributed by atoms with Crippen molar-refractivity contribution in [2.45, 2.75) is 44.6 Å². The fraction of sp³-hybridized carbons (Fsp3) is 0.600. The molecule has 0 bridgehead atoms. The van der Waals surface area contributed by atoms with E-state index in [1.54, 1.807) is 17.0 Å². The summed E-state index contributed by atoms with van der Waals surface area (Å²) in [7, 11) is 2.20. The highest BCUT2D eigenvalue weighted by atomic mass is 16.2. The molecule has 1 aromatic rings. The molecule has 1 aromatic carbocycles. The summed E-state index contributed by atoms with van der Waals surface area (Å²) < 4.78 is 0. The van der Waals surface area contributed by atoms with Crippen molar-refractivity contribution in [2.75, 3.05) is 38.1 Å². The summed E-state index contributed by atoms with van der Waals surface area (Å²) in [5.74, 6) is -0.0530. The van der Waals surface area contributed by atoms with Gasteiger partial charge in [-0.1, -0.05) is 19.3 Å². The van der Waals surface area contributed by atoms with E-state index >= 15 is 0 Å². The molecule has 1 aliphatic heterocycles. The average Bonchev–Trinajstić information content (AvgIpc) is 3.11.